The first-order chi connectivity index (χ1) is 7.95. The zero-order valence-electron chi connectivity index (χ0n) is 9.37. The Balaban J connectivity index is 2.75. The Hall–Kier alpha value is -1.44. The quantitative estimate of drug-likeness (QED) is 0.897. The fraction of sp³-hybridized carbons (Fsp3) is 0.273. The maximum Gasteiger partial charge on any atom is 0.322 e. The molecule has 0 fully saturated rings. The van der Waals surface area contributed by atoms with Crippen molar-refractivity contribution in [3.63, 3.8) is 0 Å². The topological polar surface area (TPSA) is 56.1 Å². The second-order valence-corrected chi connectivity index (χ2v) is 4.29. The molecular weight excluding hydrogens is 261 g/mol. The average Bonchev–Trinajstić information content (AvgIpc) is 2.31. The highest BCUT2D eigenvalue weighted by molar-refractivity contribution is 6.42. The van der Waals surface area contributed by atoms with Crippen LogP contribution in [0, 0.1) is 11.3 Å². The van der Waals surface area contributed by atoms with Crippen LogP contribution in [0.1, 0.15) is 6.92 Å². The standard InChI is InChI=1S/C11H11Cl2N3O/c1-7(6-14)16(2)11(17)15-8-3-4-9(12)10(13)5-8/h3-5,7H,1-2H3,(H,15,17). The van der Waals surface area contributed by atoms with Crippen molar-refractivity contribution >= 4 is 34.9 Å². The number of amides is 2. The summed E-state index contributed by atoms with van der Waals surface area (Å²) in [5, 5.41) is 12.1. The third-order valence-electron chi connectivity index (χ3n) is 2.26. The molecule has 0 aliphatic carbocycles. The third kappa shape index (κ3) is 3.52. The first-order valence-corrected chi connectivity index (χ1v) is 5.59. The van der Waals surface area contributed by atoms with Crippen molar-refractivity contribution in [3.8, 4) is 6.07 Å². The SMILES string of the molecule is CC(C#N)N(C)C(=O)Nc1ccc(Cl)c(Cl)c1. The van der Waals surface area contributed by atoms with Gasteiger partial charge in [-0.15, -0.1) is 0 Å². The molecule has 1 rings (SSSR count). The van der Waals surface area contributed by atoms with Crippen LogP contribution >= 0.6 is 23.2 Å². The summed E-state index contributed by atoms with van der Waals surface area (Å²) in [5.41, 5.74) is 0.529. The van der Waals surface area contributed by atoms with Crippen LogP contribution in [0.25, 0.3) is 0 Å². The number of halogens is 2. The lowest BCUT2D eigenvalue weighted by Crippen LogP contribution is -2.37. The Labute approximate surface area is 110 Å². The van der Waals surface area contributed by atoms with Crippen LogP contribution in [0.5, 0.6) is 0 Å². The van der Waals surface area contributed by atoms with E-state index in [1.54, 1.807) is 32.2 Å². The van der Waals surface area contributed by atoms with E-state index in [0.717, 1.165) is 0 Å². The van der Waals surface area contributed by atoms with Crippen molar-refractivity contribution in [2.24, 2.45) is 0 Å². The van der Waals surface area contributed by atoms with Crippen LogP contribution < -0.4 is 5.32 Å². The molecule has 6 heteroatoms. The smallest absolute Gasteiger partial charge is 0.312 e. The number of anilines is 1. The lowest BCUT2D eigenvalue weighted by atomic mass is 10.3. The Morgan fingerprint density at radius 1 is 1.47 bits per heavy atom. The minimum absolute atomic E-state index is 0.362. The minimum Gasteiger partial charge on any atom is -0.312 e. The molecule has 0 saturated heterocycles. The molecule has 0 aromatic heterocycles. The maximum atomic E-state index is 11.7. The van der Waals surface area contributed by atoms with E-state index in [1.165, 1.54) is 4.90 Å². The summed E-state index contributed by atoms with van der Waals surface area (Å²) >= 11 is 11.6. The summed E-state index contributed by atoms with van der Waals surface area (Å²) in [6, 6.07) is 5.87. The molecule has 0 bridgehead atoms. The van der Waals surface area contributed by atoms with Crippen molar-refractivity contribution < 1.29 is 4.79 Å². The normalized spacial score (nSPS) is 11.5. The van der Waals surface area contributed by atoms with E-state index >= 15 is 0 Å². The van der Waals surface area contributed by atoms with Crippen molar-refractivity contribution in [3.05, 3.63) is 28.2 Å². The molecule has 0 saturated carbocycles. The highest BCUT2D eigenvalue weighted by Crippen LogP contribution is 2.25. The number of nitrogens with one attached hydrogen (secondary N) is 1. The summed E-state index contributed by atoms with van der Waals surface area (Å²) in [4.78, 5) is 13.0. The van der Waals surface area contributed by atoms with Gasteiger partial charge in [-0.25, -0.2) is 4.79 Å². The number of nitrogens with zero attached hydrogens (tertiary/aromatic N) is 2. The van der Waals surface area contributed by atoms with Crippen LogP contribution in [0.2, 0.25) is 10.0 Å². The van der Waals surface area contributed by atoms with Crippen LogP contribution in [-0.2, 0) is 0 Å². The number of urea groups is 1. The van der Waals surface area contributed by atoms with E-state index in [4.69, 9.17) is 28.5 Å². The van der Waals surface area contributed by atoms with Gasteiger partial charge in [0.05, 0.1) is 16.1 Å². The number of hydrogen-bond donors (Lipinski definition) is 1. The van der Waals surface area contributed by atoms with E-state index in [9.17, 15) is 4.79 Å². The molecule has 90 valence electrons. The van der Waals surface area contributed by atoms with Crippen molar-refractivity contribution in [1.82, 2.24) is 4.90 Å². The predicted molar refractivity (Wildman–Crippen MR) is 68.3 cm³/mol. The van der Waals surface area contributed by atoms with Gasteiger partial charge in [0.25, 0.3) is 0 Å². The van der Waals surface area contributed by atoms with Crippen LogP contribution in [0.3, 0.4) is 0 Å². The number of carbonyl (C=O) groups excluding carboxylic acids is 1. The van der Waals surface area contributed by atoms with Gasteiger partial charge in [0, 0.05) is 12.7 Å². The average molecular weight is 272 g/mol. The summed E-state index contributed by atoms with van der Waals surface area (Å²) in [6.07, 6.45) is 0. The zero-order valence-corrected chi connectivity index (χ0v) is 10.9. The van der Waals surface area contributed by atoms with Gasteiger partial charge < -0.3 is 10.2 Å². The molecule has 4 nitrogen and oxygen atoms in total. The fourth-order valence-electron chi connectivity index (χ4n) is 1.05. The van der Waals surface area contributed by atoms with Crippen LogP contribution in [-0.4, -0.2) is 24.0 Å². The van der Waals surface area contributed by atoms with E-state index in [-0.39, 0.29) is 6.03 Å². The summed E-state index contributed by atoms with van der Waals surface area (Å²) < 4.78 is 0. The largest absolute Gasteiger partial charge is 0.322 e. The van der Waals surface area contributed by atoms with Gasteiger partial charge in [0.15, 0.2) is 0 Å². The van der Waals surface area contributed by atoms with Crippen molar-refractivity contribution in [2.45, 2.75) is 13.0 Å². The Morgan fingerprint density at radius 3 is 2.65 bits per heavy atom. The number of rotatable bonds is 2. The zero-order chi connectivity index (χ0) is 13.0. The molecule has 1 aromatic rings. The van der Waals surface area contributed by atoms with Crippen LogP contribution in [0.4, 0.5) is 10.5 Å². The number of carbonyl (C=O) groups is 1. The highest BCUT2D eigenvalue weighted by Gasteiger charge is 2.15. The van der Waals surface area contributed by atoms with Gasteiger partial charge in [-0.3, -0.25) is 0 Å². The molecular formula is C11H11Cl2N3O. The molecule has 0 aliphatic heterocycles. The van der Waals surface area contributed by atoms with Gasteiger partial charge in [-0.1, -0.05) is 23.2 Å². The van der Waals surface area contributed by atoms with Gasteiger partial charge in [0.1, 0.15) is 6.04 Å². The van der Waals surface area contributed by atoms with E-state index in [2.05, 4.69) is 5.32 Å². The molecule has 0 aliphatic rings. The monoisotopic (exact) mass is 271 g/mol. The molecule has 0 heterocycles. The lowest BCUT2D eigenvalue weighted by Gasteiger charge is -2.19. The molecule has 1 aromatic carbocycles. The number of hydrogen-bond acceptors (Lipinski definition) is 2. The summed E-state index contributed by atoms with van der Waals surface area (Å²) in [5.74, 6) is 0. The van der Waals surface area contributed by atoms with E-state index < -0.39 is 6.04 Å². The minimum atomic E-state index is -0.502. The Kier molecular flexibility index (Phi) is 4.62. The molecule has 0 spiro atoms. The van der Waals surface area contributed by atoms with E-state index in [0.29, 0.717) is 15.7 Å². The van der Waals surface area contributed by atoms with Crippen molar-refractivity contribution in [1.29, 1.82) is 5.26 Å². The molecule has 1 N–H and O–H groups in total. The van der Waals surface area contributed by atoms with Crippen LogP contribution in [0.15, 0.2) is 18.2 Å². The second kappa shape index (κ2) is 5.76. The third-order valence-corrected chi connectivity index (χ3v) is 3.00. The first-order valence-electron chi connectivity index (χ1n) is 4.84. The maximum absolute atomic E-state index is 11.7. The van der Waals surface area contributed by atoms with Gasteiger partial charge in [0.2, 0.25) is 0 Å². The van der Waals surface area contributed by atoms with Gasteiger partial charge in [-0.2, -0.15) is 5.26 Å². The second-order valence-electron chi connectivity index (χ2n) is 3.48. The predicted octanol–water partition coefficient (Wildman–Crippen LogP) is 3.37. The molecule has 1 unspecified atom stereocenters. The van der Waals surface area contributed by atoms with E-state index in [1.807, 2.05) is 6.07 Å². The number of benzene rings is 1. The number of nitriles is 1. The fourth-order valence-corrected chi connectivity index (χ4v) is 1.35. The van der Waals surface area contributed by atoms with Gasteiger partial charge >= 0.3 is 6.03 Å². The molecule has 1 atom stereocenters. The Bertz CT molecular complexity index is 470. The van der Waals surface area contributed by atoms with Gasteiger partial charge in [-0.05, 0) is 25.1 Å². The lowest BCUT2D eigenvalue weighted by molar-refractivity contribution is 0.217. The van der Waals surface area contributed by atoms with Crippen molar-refractivity contribution in [2.75, 3.05) is 12.4 Å². The molecule has 0 radical (unpaired) electrons. The summed E-state index contributed by atoms with van der Waals surface area (Å²) in [6.45, 7) is 1.63. The Morgan fingerprint density at radius 2 is 2.12 bits per heavy atom. The molecule has 2 amide bonds. The highest BCUT2D eigenvalue weighted by atomic mass is 35.5. The summed E-state index contributed by atoms with van der Waals surface area (Å²) in [7, 11) is 1.54. The first kappa shape index (κ1) is 13.6. The molecule has 17 heavy (non-hydrogen) atoms.